The highest BCUT2D eigenvalue weighted by atomic mass is 16.5. The fraction of sp³-hybridized carbons (Fsp3) is 0.273. The molecule has 72 valence electrons. The van der Waals surface area contributed by atoms with Crippen LogP contribution in [0, 0.1) is 0 Å². The second-order valence-corrected chi connectivity index (χ2v) is 2.35. The molecule has 0 aliphatic rings. The summed E-state index contributed by atoms with van der Waals surface area (Å²) in [6.45, 7) is 3.62. The lowest BCUT2D eigenvalue weighted by Gasteiger charge is -1.97. The first kappa shape index (κ1) is 11.6. The second kappa shape index (κ2) is 8.65. The molecular formula is C11H17NO. The molecule has 0 aliphatic heterocycles. The number of hydrogen-bond acceptors (Lipinski definition) is 2. The van der Waals surface area contributed by atoms with Crippen LogP contribution in [-0.4, -0.2) is 14.2 Å². The topological polar surface area (TPSA) is 21.3 Å². The summed E-state index contributed by atoms with van der Waals surface area (Å²) in [5.74, 6) is 0.827. The number of allylic oxidation sites excluding steroid dienone is 5. The molecule has 0 aromatic carbocycles. The van der Waals surface area contributed by atoms with Crippen LogP contribution in [0.1, 0.15) is 6.42 Å². The molecule has 13 heavy (non-hydrogen) atoms. The van der Waals surface area contributed by atoms with Gasteiger partial charge in [-0.3, -0.25) is 0 Å². The normalized spacial score (nSPS) is 12.3. The Balaban J connectivity index is 4.07. The van der Waals surface area contributed by atoms with Crippen molar-refractivity contribution in [1.29, 1.82) is 0 Å². The Morgan fingerprint density at radius 1 is 1.54 bits per heavy atom. The van der Waals surface area contributed by atoms with Crippen molar-refractivity contribution in [1.82, 2.24) is 5.32 Å². The molecule has 0 rings (SSSR count). The summed E-state index contributed by atoms with van der Waals surface area (Å²) >= 11 is 0. The fourth-order valence-electron chi connectivity index (χ4n) is 0.711. The van der Waals surface area contributed by atoms with Gasteiger partial charge in [-0.15, -0.1) is 6.58 Å². The molecule has 2 heteroatoms. The molecule has 0 saturated carbocycles. The van der Waals surface area contributed by atoms with Crippen molar-refractivity contribution in [3.8, 4) is 0 Å². The smallest absolute Gasteiger partial charge is 0.118 e. The molecule has 0 aromatic rings. The molecule has 0 radical (unpaired) electrons. The molecule has 2 nitrogen and oxygen atoms in total. The van der Waals surface area contributed by atoms with E-state index >= 15 is 0 Å². The zero-order valence-electron chi connectivity index (χ0n) is 8.29. The Bertz CT molecular complexity index is 214. The van der Waals surface area contributed by atoms with Gasteiger partial charge in [0.15, 0.2) is 0 Å². The van der Waals surface area contributed by atoms with E-state index in [4.69, 9.17) is 4.74 Å². The van der Waals surface area contributed by atoms with Crippen molar-refractivity contribution in [2.45, 2.75) is 6.42 Å². The number of hydrogen-bond donors (Lipinski definition) is 1. The third kappa shape index (κ3) is 6.94. The van der Waals surface area contributed by atoms with Crippen LogP contribution >= 0.6 is 0 Å². The van der Waals surface area contributed by atoms with Gasteiger partial charge in [0.2, 0.25) is 0 Å². The molecule has 0 saturated heterocycles. The number of nitrogens with one attached hydrogen (secondary N) is 1. The maximum atomic E-state index is 5.10. The lowest BCUT2D eigenvalue weighted by atomic mass is 10.3. The Kier molecular flexibility index (Phi) is 7.70. The highest BCUT2D eigenvalue weighted by Gasteiger charge is 1.84. The van der Waals surface area contributed by atoms with Crippen LogP contribution in [0.3, 0.4) is 0 Å². The predicted molar refractivity (Wildman–Crippen MR) is 57.2 cm³/mol. The van der Waals surface area contributed by atoms with E-state index in [0.717, 1.165) is 12.2 Å². The molecule has 0 amide bonds. The van der Waals surface area contributed by atoms with Crippen LogP contribution in [0.5, 0.6) is 0 Å². The van der Waals surface area contributed by atoms with Crippen LogP contribution in [-0.2, 0) is 4.74 Å². The van der Waals surface area contributed by atoms with Gasteiger partial charge < -0.3 is 10.1 Å². The average molecular weight is 179 g/mol. The van der Waals surface area contributed by atoms with Gasteiger partial charge in [-0.2, -0.15) is 0 Å². The van der Waals surface area contributed by atoms with E-state index in [0.29, 0.717) is 0 Å². The van der Waals surface area contributed by atoms with Gasteiger partial charge in [0.25, 0.3) is 0 Å². The van der Waals surface area contributed by atoms with Gasteiger partial charge in [-0.05, 0) is 30.8 Å². The van der Waals surface area contributed by atoms with Crippen LogP contribution in [0.15, 0.2) is 48.9 Å². The Morgan fingerprint density at radius 2 is 2.31 bits per heavy atom. The Morgan fingerprint density at radius 3 is 2.85 bits per heavy atom. The largest absolute Gasteiger partial charge is 0.497 e. The zero-order valence-corrected chi connectivity index (χ0v) is 8.29. The van der Waals surface area contributed by atoms with Gasteiger partial charge in [0, 0.05) is 7.05 Å². The number of methoxy groups -OCH3 is 1. The van der Waals surface area contributed by atoms with E-state index in [1.807, 2.05) is 43.6 Å². The molecule has 0 atom stereocenters. The van der Waals surface area contributed by atoms with Crippen molar-refractivity contribution in [2.75, 3.05) is 14.2 Å². The molecular weight excluding hydrogens is 162 g/mol. The molecule has 0 aromatic heterocycles. The number of rotatable bonds is 6. The van der Waals surface area contributed by atoms with Gasteiger partial charge >= 0.3 is 0 Å². The Labute approximate surface area is 80.3 Å². The van der Waals surface area contributed by atoms with Crippen LogP contribution < -0.4 is 5.32 Å². The maximum absolute atomic E-state index is 5.10. The Hall–Kier alpha value is -1.44. The van der Waals surface area contributed by atoms with E-state index in [9.17, 15) is 0 Å². The monoisotopic (exact) mass is 179 g/mol. The standard InChI is InChI=1S/C11H17NO/c1-4-5-6-8-11(13-3)9-7-10-12-2/h4,6-10,12H,1,5H2,2-3H3/b8-6-,10-7+,11-9+. The highest BCUT2D eigenvalue weighted by molar-refractivity contribution is 5.18. The predicted octanol–water partition coefficient (Wildman–Crippen LogP) is 2.38. The summed E-state index contributed by atoms with van der Waals surface area (Å²) < 4.78 is 5.10. The molecule has 0 bridgehead atoms. The van der Waals surface area contributed by atoms with E-state index in [2.05, 4.69) is 11.9 Å². The second-order valence-electron chi connectivity index (χ2n) is 2.35. The van der Waals surface area contributed by atoms with Gasteiger partial charge in [-0.1, -0.05) is 12.2 Å². The third-order valence-corrected chi connectivity index (χ3v) is 1.34. The van der Waals surface area contributed by atoms with Crippen molar-refractivity contribution in [2.24, 2.45) is 0 Å². The van der Waals surface area contributed by atoms with Crippen LogP contribution in [0.25, 0.3) is 0 Å². The van der Waals surface area contributed by atoms with Gasteiger partial charge in [-0.25, -0.2) is 0 Å². The lowest BCUT2D eigenvalue weighted by Crippen LogP contribution is -1.90. The summed E-state index contributed by atoms with van der Waals surface area (Å²) in [4.78, 5) is 0. The molecule has 0 heterocycles. The fourth-order valence-corrected chi connectivity index (χ4v) is 0.711. The van der Waals surface area contributed by atoms with E-state index in [-0.39, 0.29) is 0 Å². The molecule has 0 fully saturated rings. The molecule has 0 unspecified atom stereocenters. The van der Waals surface area contributed by atoms with Crippen LogP contribution in [0.2, 0.25) is 0 Å². The first-order valence-electron chi connectivity index (χ1n) is 4.20. The van der Waals surface area contributed by atoms with Crippen molar-refractivity contribution in [3.05, 3.63) is 48.9 Å². The minimum absolute atomic E-state index is 0.827. The van der Waals surface area contributed by atoms with Gasteiger partial charge in [0.1, 0.15) is 5.76 Å². The summed E-state index contributed by atoms with van der Waals surface area (Å²) in [5, 5.41) is 2.89. The lowest BCUT2D eigenvalue weighted by molar-refractivity contribution is 0.307. The van der Waals surface area contributed by atoms with E-state index < -0.39 is 0 Å². The first-order chi connectivity index (χ1) is 6.35. The maximum Gasteiger partial charge on any atom is 0.118 e. The highest BCUT2D eigenvalue weighted by Crippen LogP contribution is 1.99. The van der Waals surface area contributed by atoms with E-state index in [1.165, 1.54) is 0 Å². The average Bonchev–Trinajstić information content (AvgIpc) is 2.16. The summed E-state index contributed by atoms with van der Waals surface area (Å²) in [6.07, 6.45) is 12.2. The summed E-state index contributed by atoms with van der Waals surface area (Å²) in [6, 6.07) is 0. The third-order valence-electron chi connectivity index (χ3n) is 1.34. The minimum Gasteiger partial charge on any atom is -0.497 e. The quantitative estimate of drug-likeness (QED) is 0.384. The van der Waals surface area contributed by atoms with Crippen molar-refractivity contribution in [3.63, 3.8) is 0 Å². The number of ether oxygens (including phenoxy) is 1. The minimum atomic E-state index is 0.827. The summed E-state index contributed by atoms with van der Waals surface area (Å²) in [7, 11) is 3.50. The van der Waals surface area contributed by atoms with Gasteiger partial charge in [0.05, 0.1) is 7.11 Å². The van der Waals surface area contributed by atoms with Crippen LogP contribution in [0.4, 0.5) is 0 Å². The molecule has 1 N–H and O–H groups in total. The molecule has 0 aliphatic carbocycles. The molecule has 0 spiro atoms. The van der Waals surface area contributed by atoms with Crippen molar-refractivity contribution < 1.29 is 4.74 Å². The first-order valence-corrected chi connectivity index (χ1v) is 4.20. The van der Waals surface area contributed by atoms with E-state index in [1.54, 1.807) is 7.11 Å². The summed E-state index contributed by atoms with van der Waals surface area (Å²) in [5.41, 5.74) is 0. The SMILES string of the molecule is C=CC\C=C/C(=C\C=C\NC)OC. The zero-order chi connectivity index (χ0) is 9.94. The van der Waals surface area contributed by atoms with Crippen molar-refractivity contribution >= 4 is 0 Å².